The highest BCUT2D eigenvalue weighted by molar-refractivity contribution is 5.84. The van der Waals surface area contributed by atoms with Crippen LogP contribution >= 0.6 is 0 Å². The summed E-state index contributed by atoms with van der Waals surface area (Å²) < 4.78 is 26.7. The molecular formula is C16H18FN3O3. The van der Waals surface area contributed by atoms with E-state index in [9.17, 15) is 9.18 Å². The Kier molecular flexibility index (Phi) is 3.18. The van der Waals surface area contributed by atoms with Crippen molar-refractivity contribution >= 4 is 17.1 Å². The highest BCUT2D eigenvalue weighted by Gasteiger charge is 2.34. The van der Waals surface area contributed by atoms with Gasteiger partial charge in [0.1, 0.15) is 29.2 Å². The van der Waals surface area contributed by atoms with Crippen molar-refractivity contribution < 1.29 is 18.7 Å². The number of nitrogens with zero attached hydrogens (tertiary/aromatic N) is 3. The Balaban J connectivity index is 1.80. The van der Waals surface area contributed by atoms with E-state index in [1.54, 1.807) is 11.0 Å². The van der Waals surface area contributed by atoms with E-state index in [-0.39, 0.29) is 23.9 Å². The monoisotopic (exact) mass is 319 g/mol. The molecule has 2 aromatic rings. The van der Waals surface area contributed by atoms with Gasteiger partial charge in [-0.1, -0.05) is 0 Å². The summed E-state index contributed by atoms with van der Waals surface area (Å²) in [6.07, 6.45) is 0.466. The molecule has 0 aliphatic carbocycles. The summed E-state index contributed by atoms with van der Waals surface area (Å²) in [5, 5.41) is 0. The summed E-state index contributed by atoms with van der Waals surface area (Å²) in [5.74, 6) is 1.23. The minimum Gasteiger partial charge on any atom is -0.489 e. The molecule has 0 unspecified atom stereocenters. The van der Waals surface area contributed by atoms with Gasteiger partial charge in [0, 0.05) is 19.0 Å². The molecule has 0 saturated carbocycles. The predicted octanol–water partition coefficient (Wildman–Crippen LogP) is 2.68. The van der Waals surface area contributed by atoms with Crippen LogP contribution in [0.15, 0.2) is 12.1 Å². The lowest BCUT2D eigenvalue weighted by Gasteiger charge is -2.25. The fourth-order valence-corrected chi connectivity index (χ4v) is 3.56. The first-order chi connectivity index (χ1) is 11.1. The molecule has 4 rings (SSSR count). The number of likely N-dealkylation sites (tertiary alicyclic amines) is 1. The Hall–Kier alpha value is -2.31. The van der Waals surface area contributed by atoms with Crippen LogP contribution in [0.4, 0.5) is 9.18 Å². The molecule has 0 radical (unpaired) electrons. The molecule has 1 aromatic heterocycles. The summed E-state index contributed by atoms with van der Waals surface area (Å²) in [6.45, 7) is 3.73. The third-order valence-electron chi connectivity index (χ3n) is 4.69. The number of methoxy groups -OCH3 is 1. The number of carbonyl (C=O) groups is 1. The Morgan fingerprint density at radius 3 is 3.09 bits per heavy atom. The smallest absolute Gasteiger partial charge is 0.409 e. The van der Waals surface area contributed by atoms with Gasteiger partial charge in [0.25, 0.3) is 0 Å². The van der Waals surface area contributed by atoms with E-state index in [4.69, 9.17) is 9.47 Å². The quantitative estimate of drug-likeness (QED) is 0.811. The van der Waals surface area contributed by atoms with Crippen molar-refractivity contribution in [2.24, 2.45) is 0 Å². The maximum absolute atomic E-state index is 14.2. The number of aromatic nitrogens is 2. The van der Waals surface area contributed by atoms with Crippen molar-refractivity contribution in [3.63, 3.8) is 0 Å². The van der Waals surface area contributed by atoms with E-state index in [2.05, 4.69) is 9.55 Å². The third kappa shape index (κ3) is 2.06. The highest BCUT2D eigenvalue weighted by Crippen LogP contribution is 2.39. The van der Waals surface area contributed by atoms with Gasteiger partial charge < -0.3 is 18.9 Å². The second-order valence-corrected chi connectivity index (χ2v) is 6.14. The molecule has 3 heterocycles. The van der Waals surface area contributed by atoms with Crippen LogP contribution in [0.1, 0.15) is 31.1 Å². The van der Waals surface area contributed by atoms with Crippen LogP contribution in [0.3, 0.4) is 0 Å². The standard InChI is InChI=1S/C16H18FN3O3/c1-9-8-23-12-4-3-11(17)13-14(12)20(9)15(18-13)10-5-6-19(7-10)16(21)22-2/h3-4,9-10H,5-8H2,1-2H3/t9-,10+/m0/s1. The second-order valence-electron chi connectivity index (χ2n) is 6.14. The van der Waals surface area contributed by atoms with Crippen LogP contribution in [0.25, 0.3) is 11.0 Å². The molecule has 0 bridgehead atoms. The number of halogens is 1. The van der Waals surface area contributed by atoms with Crippen LogP contribution < -0.4 is 4.74 Å². The number of carbonyl (C=O) groups excluding carboxylic acids is 1. The number of hydrogen-bond donors (Lipinski definition) is 0. The van der Waals surface area contributed by atoms with Crippen molar-refractivity contribution in [1.29, 1.82) is 0 Å². The van der Waals surface area contributed by atoms with Crippen LogP contribution in [-0.4, -0.2) is 47.4 Å². The first kappa shape index (κ1) is 14.3. The molecule has 2 aliphatic heterocycles. The Bertz CT molecular complexity index is 788. The van der Waals surface area contributed by atoms with Crippen LogP contribution in [0.2, 0.25) is 0 Å². The van der Waals surface area contributed by atoms with E-state index in [0.29, 0.717) is 31.0 Å². The van der Waals surface area contributed by atoms with E-state index >= 15 is 0 Å². The van der Waals surface area contributed by atoms with E-state index < -0.39 is 0 Å². The fourth-order valence-electron chi connectivity index (χ4n) is 3.56. The van der Waals surface area contributed by atoms with Crippen LogP contribution in [0.5, 0.6) is 5.75 Å². The lowest BCUT2D eigenvalue weighted by Crippen LogP contribution is -2.29. The molecule has 2 aliphatic rings. The van der Waals surface area contributed by atoms with Crippen molar-refractivity contribution in [3.05, 3.63) is 23.8 Å². The first-order valence-corrected chi connectivity index (χ1v) is 7.76. The Morgan fingerprint density at radius 1 is 1.48 bits per heavy atom. The van der Waals surface area contributed by atoms with Gasteiger partial charge in [0.05, 0.1) is 13.2 Å². The minimum absolute atomic E-state index is 0.0781. The molecule has 1 fully saturated rings. The maximum Gasteiger partial charge on any atom is 0.409 e. The lowest BCUT2D eigenvalue weighted by atomic mass is 10.1. The van der Waals surface area contributed by atoms with Gasteiger partial charge in [-0.3, -0.25) is 0 Å². The molecule has 7 heteroatoms. The fraction of sp³-hybridized carbons (Fsp3) is 0.500. The number of imidazole rings is 1. The molecule has 1 saturated heterocycles. The van der Waals surface area contributed by atoms with Crippen LogP contribution in [0, 0.1) is 5.82 Å². The van der Waals surface area contributed by atoms with Gasteiger partial charge in [-0.15, -0.1) is 0 Å². The SMILES string of the molecule is COC(=O)N1CC[C@@H](c2nc3c(F)ccc4c3n2[C@@H](C)CO4)C1. The Morgan fingerprint density at radius 2 is 2.30 bits per heavy atom. The zero-order valence-corrected chi connectivity index (χ0v) is 13.1. The number of rotatable bonds is 1. The summed E-state index contributed by atoms with van der Waals surface area (Å²) >= 11 is 0. The highest BCUT2D eigenvalue weighted by atomic mass is 19.1. The lowest BCUT2D eigenvalue weighted by molar-refractivity contribution is 0.132. The molecule has 2 atom stereocenters. The molecule has 0 spiro atoms. The van der Waals surface area contributed by atoms with Crippen molar-refractivity contribution in [1.82, 2.24) is 14.5 Å². The first-order valence-electron chi connectivity index (χ1n) is 7.76. The maximum atomic E-state index is 14.2. The normalized spacial score (nSPS) is 23.2. The summed E-state index contributed by atoms with van der Waals surface area (Å²) in [7, 11) is 1.38. The largest absolute Gasteiger partial charge is 0.489 e. The van der Waals surface area contributed by atoms with Gasteiger partial charge in [0.15, 0.2) is 5.82 Å². The van der Waals surface area contributed by atoms with E-state index in [1.807, 2.05) is 6.92 Å². The van der Waals surface area contributed by atoms with Crippen molar-refractivity contribution in [3.8, 4) is 5.75 Å². The summed E-state index contributed by atoms with van der Waals surface area (Å²) in [4.78, 5) is 17.9. The average molecular weight is 319 g/mol. The zero-order chi connectivity index (χ0) is 16.1. The van der Waals surface area contributed by atoms with Gasteiger partial charge >= 0.3 is 6.09 Å². The van der Waals surface area contributed by atoms with E-state index in [1.165, 1.54) is 13.2 Å². The van der Waals surface area contributed by atoms with E-state index in [0.717, 1.165) is 17.8 Å². The summed E-state index contributed by atoms with van der Waals surface area (Å²) in [5.41, 5.74) is 1.07. The molecule has 1 amide bonds. The predicted molar refractivity (Wildman–Crippen MR) is 81.2 cm³/mol. The second kappa shape index (κ2) is 5.11. The average Bonchev–Trinajstić information content (AvgIpc) is 3.18. The van der Waals surface area contributed by atoms with Gasteiger partial charge in [0.2, 0.25) is 0 Å². The molecular weight excluding hydrogens is 301 g/mol. The molecule has 23 heavy (non-hydrogen) atoms. The molecule has 122 valence electrons. The zero-order valence-electron chi connectivity index (χ0n) is 13.1. The number of ether oxygens (including phenoxy) is 2. The van der Waals surface area contributed by atoms with Crippen molar-refractivity contribution in [2.45, 2.75) is 25.3 Å². The van der Waals surface area contributed by atoms with Crippen molar-refractivity contribution in [2.75, 3.05) is 26.8 Å². The van der Waals surface area contributed by atoms with Gasteiger partial charge in [-0.2, -0.15) is 0 Å². The molecule has 6 nitrogen and oxygen atoms in total. The molecule has 0 N–H and O–H groups in total. The Labute approximate surface area is 132 Å². The third-order valence-corrected chi connectivity index (χ3v) is 4.69. The topological polar surface area (TPSA) is 56.6 Å². The summed E-state index contributed by atoms with van der Waals surface area (Å²) in [6, 6.07) is 3.13. The number of benzene rings is 1. The number of amides is 1. The van der Waals surface area contributed by atoms with Crippen LogP contribution in [-0.2, 0) is 4.74 Å². The van der Waals surface area contributed by atoms with Gasteiger partial charge in [-0.05, 0) is 25.5 Å². The van der Waals surface area contributed by atoms with Gasteiger partial charge in [-0.25, -0.2) is 14.2 Å². The minimum atomic E-state index is -0.343. The number of hydrogen-bond acceptors (Lipinski definition) is 4. The molecule has 1 aromatic carbocycles.